The third-order valence-corrected chi connectivity index (χ3v) is 5.68. The van der Waals surface area contributed by atoms with Gasteiger partial charge in [0.05, 0.1) is 25.6 Å². The number of carbonyl (C=O) groups is 1. The minimum absolute atomic E-state index is 0.0383. The van der Waals surface area contributed by atoms with Crippen LogP contribution in [0.5, 0.6) is 0 Å². The lowest BCUT2D eigenvalue weighted by molar-refractivity contribution is -0.169. The predicted octanol–water partition coefficient (Wildman–Crippen LogP) is 2.84. The summed E-state index contributed by atoms with van der Waals surface area (Å²) in [6.45, 7) is 5.53. The van der Waals surface area contributed by atoms with Crippen molar-refractivity contribution < 1.29 is 23.9 Å². The third kappa shape index (κ3) is 4.39. The maximum absolute atomic E-state index is 12.0. The standard InChI is InChI=1S/C22H27N3O5/c1-15-10-18(29-20(15)25-9-8-23-14-25)13-28-22(2,21(26)27)12-17-11-19(24-30-17)16-6-4-3-5-7-16/h3-7,11,14-15,18,20H,8-10,12-13H2,1-2H3,(H,26,27). The molecule has 0 saturated carbocycles. The van der Waals surface area contributed by atoms with Gasteiger partial charge in [-0.3, -0.25) is 4.99 Å². The number of nitrogens with zero attached hydrogens (tertiary/aromatic N) is 3. The Hall–Kier alpha value is -2.71. The number of aromatic nitrogens is 1. The van der Waals surface area contributed by atoms with Crippen molar-refractivity contribution in [2.24, 2.45) is 10.9 Å². The summed E-state index contributed by atoms with van der Waals surface area (Å²) in [6.07, 6.45) is 2.52. The third-order valence-electron chi connectivity index (χ3n) is 5.68. The Morgan fingerprint density at radius 3 is 2.87 bits per heavy atom. The summed E-state index contributed by atoms with van der Waals surface area (Å²) in [5.41, 5.74) is 0.143. The summed E-state index contributed by atoms with van der Waals surface area (Å²) in [5.74, 6) is -0.262. The molecule has 0 amide bonds. The van der Waals surface area contributed by atoms with Gasteiger partial charge in [0, 0.05) is 30.5 Å². The van der Waals surface area contributed by atoms with Crippen molar-refractivity contribution in [3.63, 3.8) is 0 Å². The van der Waals surface area contributed by atoms with Gasteiger partial charge < -0.3 is 24.0 Å². The van der Waals surface area contributed by atoms with E-state index in [-0.39, 0.29) is 25.4 Å². The van der Waals surface area contributed by atoms with Gasteiger partial charge >= 0.3 is 5.97 Å². The SMILES string of the molecule is CC1CC(COC(C)(Cc2cc(-c3ccccc3)no2)C(=O)O)OC1N1C=NCC1. The number of rotatable bonds is 8. The lowest BCUT2D eigenvalue weighted by atomic mass is 9.99. The highest BCUT2D eigenvalue weighted by Crippen LogP contribution is 2.31. The molecule has 2 aromatic rings. The number of aliphatic carboxylic acids is 1. The summed E-state index contributed by atoms with van der Waals surface area (Å²) in [4.78, 5) is 18.3. The van der Waals surface area contributed by atoms with Crippen molar-refractivity contribution in [1.82, 2.24) is 10.1 Å². The van der Waals surface area contributed by atoms with Gasteiger partial charge in [-0.15, -0.1) is 0 Å². The van der Waals surface area contributed by atoms with E-state index >= 15 is 0 Å². The molecule has 0 aliphatic carbocycles. The summed E-state index contributed by atoms with van der Waals surface area (Å²) in [7, 11) is 0. The van der Waals surface area contributed by atoms with Gasteiger partial charge in [0.2, 0.25) is 0 Å². The summed E-state index contributed by atoms with van der Waals surface area (Å²) < 4.78 is 17.4. The van der Waals surface area contributed by atoms with E-state index in [0.717, 1.165) is 25.1 Å². The topological polar surface area (TPSA) is 97.4 Å². The number of aliphatic imine (C=N–C) groups is 1. The molecule has 2 aliphatic heterocycles. The number of benzene rings is 1. The molecule has 2 aliphatic rings. The monoisotopic (exact) mass is 413 g/mol. The zero-order chi connectivity index (χ0) is 21.1. The Balaban J connectivity index is 1.38. The second kappa shape index (κ2) is 8.57. The van der Waals surface area contributed by atoms with Crippen molar-refractivity contribution in [3.8, 4) is 11.3 Å². The lowest BCUT2D eigenvalue weighted by Crippen LogP contribution is -2.42. The second-order valence-corrected chi connectivity index (χ2v) is 8.19. The molecule has 8 heteroatoms. The molecule has 1 N–H and O–H groups in total. The molecule has 1 aromatic heterocycles. The van der Waals surface area contributed by atoms with Crippen LogP contribution in [0.4, 0.5) is 0 Å². The van der Waals surface area contributed by atoms with Gasteiger partial charge in [0.1, 0.15) is 17.7 Å². The first kappa shape index (κ1) is 20.6. The molecule has 4 rings (SSSR count). The van der Waals surface area contributed by atoms with Crippen LogP contribution in [-0.2, 0) is 20.7 Å². The van der Waals surface area contributed by atoms with Crippen molar-refractivity contribution in [2.45, 2.75) is 44.6 Å². The van der Waals surface area contributed by atoms with Crippen LogP contribution in [0.3, 0.4) is 0 Å². The van der Waals surface area contributed by atoms with E-state index in [9.17, 15) is 9.90 Å². The van der Waals surface area contributed by atoms with Crippen LogP contribution in [0.1, 0.15) is 26.0 Å². The Morgan fingerprint density at radius 2 is 2.17 bits per heavy atom. The molecule has 1 aromatic carbocycles. The molecule has 1 fully saturated rings. The van der Waals surface area contributed by atoms with E-state index in [4.69, 9.17) is 14.0 Å². The van der Waals surface area contributed by atoms with Gasteiger partial charge in [-0.1, -0.05) is 42.4 Å². The highest BCUT2D eigenvalue weighted by atomic mass is 16.6. The number of carboxylic acid groups (broad SMARTS) is 1. The Labute approximate surface area is 175 Å². The minimum atomic E-state index is -1.44. The largest absolute Gasteiger partial charge is 0.479 e. The Morgan fingerprint density at radius 1 is 1.37 bits per heavy atom. The number of hydrogen-bond donors (Lipinski definition) is 1. The zero-order valence-corrected chi connectivity index (χ0v) is 17.2. The summed E-state index contributed by atoms with van der Waals surface area (Å²) >= 11 is 0. The summed E-state index contributed by atoms with van der Waals surface area (Å²) in [5, 5.41) is 13.9. The Bertz CT molecular complexity index is 899. The Kier molecular flexibility index (Phi) is 5.87. The van der Waals surface area contributed by atoms with Crippen LogP contribution in [0.25, 0.3) is 11.3 Å². The molecule has 0 bridgehead atoms. The first-order valence-corrected chi connectivity index (χ1v) is 10.2. The molecule has 8 nitrogen and oxygen atoms in total. The van der Waals surface area contributed by atoms with Crippen molar-refractivity contribution in [3.05, 3.63) is 42.2 Å². The summed E-state index contributed by atoms with van der Waals surface area (Å²) in [6, 6.07) is 11.4. The molecule has 1 saturated heterocycles. The minimum Gasteiger partial charge on any atom is -0.479 e. The van der Waals surface area contributed by atoms with Crippen LogP contribution < -0.4 is 0 Å². The van der Waals surface area contributed by atoms with E-state index in [1.165, 1.54) is 0 Å². The predicted molar refractivity (Wildman–Crippen MR) is 110 cm³/mol. The van der Waals surface area contributed by atoms with Crippen LogP contribution in [-0.4, -0.2) is 65.1 Å². The number of hydrogen-bond acceptors (Lipinski definition) is 7. The molecule has 0 radical (unpaired) electrons. The van der Waals surface area contributed by atoms with Gasteiger partial charge in [0.25, 0.3) is 0 Å². The average Bonchev–Trinajstić information content (AvgIpc) is 3.48. The fourth-order valence-corrected chi connectivity index (χ4v) is 3.96. The van der Waals surface area contributed by atoms with Crippen LogP contribution in [0.15, 0.2) is 45.9 Å². The fourth-order valence-electron chi connectivity index (χ4n) is 3.96. The van der Waals surface area contributed by atoms with Gasteiger partial charge in [0.15, 0.2) is 5.60 Å². The fraction of sp³-hybridized carbons (Fsp3) is 0.500. The van der Waals surface area contributed by atoms with Crippen LogP contribution in [0.2, 0.25) is 0 Å². The molecular weight excluding hydrogens is 386 g/mol. The van der Waals surface area contributed by atoms with Crippen LogP contribution >= 0.6 is 0 Å². The van der Waals surface area contributed by atoms with E-state index in [2.05, 4.69) is 22.0 Å². The number of carboxylic acids is 1. The molecule has 160 valence electrons. The maximum Gasteiger partial charge on any atom is 0.336 e. The van der Waals surface area contributed by atoms with Crippen molar-refractivity contribution in [2.75, 3.05) is 19.7 Å². The van der Waals surface area contributed by atoms with E-state index in [1.807, 2.05) is 36.7 Å². The highest BCUT2D eigenvalue weighted by Gasteiger charge is 2.40. The average molecular weight is 413 g/mol. The zero-order valence-electron chi connectivity index (χ0n) is 17.2. The number of ether oxygens (including phenoxy) is 2. The van der Waals surface area contributed by atoms with E-state index in [1.54, 1.807) is 13.0 Å². The smallest absolute Gasteiger partial charge is 0.336 e. The second-order valence-electron chi connectivity index (χ2n) is 8.19. The van der Waals surface area contributed by atoms with Gasteiger partial charge in [-0.2, -0.15) is 0 Å². The highest BCUT2D eigenvalue weighted by molar-refractivity contribution is 5.77. The van der Waals surface area contributed by atoms with E-state index < -0.39 is 11.6 Å². The molecule has 3 heterocycles. The van der Waals surface area contributed by atoms with E-state index in [0.29, 0.717) is 17.4 Å². The van der Waals surface area contributed by atoms with Gasteiger partial charge in [-0.25, -0.2) is 4.79 Å². The van der Waals surface area contributed by atoms with Crippen molar-refractivity contribution >= 4 is 12.3 Å². The molecule has 4 unspecified atom stereocenters. The maximum atomic E-state index is 12.0. The lowest BCUT2D eigenvalue weighted by Gasteiger charge is -2.27. The molecule has 30 heavy (non-hydrogen) atoms. The van der Waals surface area contributed by atoms with Crippen LogP contribution in [0, 0.1) is 5.92 Å². The van der Waals surface area contributed by atoms with Crippen molar-refractivity contribution in [1.29, 1.82) is 0 Å². The first-order valence-electron chi connectivity index (χ1n) is 10.2. The quantitative estimate of drug-likeness (QED) is 0.711. The molecular formula is C22H27N3O5. The van der Waals surface area contributed by atoms with Gasteiger partial charge in [-0.05, 0) is 13.3 Å². The normalized spacial score (nSPS) is 25.5. The molecule has 4 atom stereocenters. The molecule has 0 spiro atoms. The first-order chi connectivity index (χ1) is 14.4.